The summed E-state index contributed by atoms with van der Waals surface area (Å²) < 4.78 is 0. The fourth-order valence-corrected chi connectivity index (χ4v) is 8.83. The van der Waals surface area contributed by atoms with Crippen LogP contribution in [-0.4, -0.2) is 11.2 Å². The van der Waals surface area contributed by atoms with Gasteiger partial charge in [0.1, 0.15) is 0 Å². The number of allylic oxidation sites excluding steroid dienone is 2. The van der Waals surface area contributed by atoms with Crippen LogP contribution in [0.4, 0.5) is 0 Å². The summed E-state index contributed by atoms with van der Waals surface area (Å²) in [6.07, 6.45) is 15.8. The van der Waals surface area contributed by atoms with E-state index in [0.717, 1.165) is 36.5 Å². The van der Waals surface area contributed by atoms with E-state index in [2.05, 4.69) is 41.5 Å². The maximum Gasteiger partial charge on any atom is 0.0543 e. The lowest BCUT2D eigenvalue weighted by atomic mass is 9.46. The number of aliphatic hydroxyl groups excluding tert-OH is 1. The molecule has 29 heavy (non-hydrogen) atoms. The van der Waals surface area contributed by atoms with Gasteiger partial charge in [-0.1, -0.05) is 72.0 Å². The van der Waals surface area contributed by atoms with E-state index in [-0.39, 0.29) is 6.10 Å². The summed E-state index contributed by atoms with van der Waals surface area (Å²) in [5, 5.41) is 10.3. The van der Waals surface area contributed by atoms with Crippen molar-refractivity contribution >= 4 is 0 Å². The van der Waals surface area contributed by atoms with Crippen molar-refractivity contribution in [3.05, 3.63) is 11.1 Å². The van der Waals surface area contributed by atoms with Gasteiger partial charge in [-0.3, -0.25) is 0 Å². The lowest BCUT2D eigenvalue weighted by molar-refractivity contribution is -0.00504. The Bertz CT molecular complexity index is 647. The zero-order chi connectivity index (χ0) is 21.0. The molecule has 0 unspecified atom stereocenters. The molecule has 0 bridgehead atoms. The molecule has 2 saturated carbocycles. The summed E-state index contributed by atoms with van der Waals surface area (Å²) in [7, 11) is 0. The maximum atomic E-state index is 10.3. The molecule has 1 N–H and O–H groups in total. The molecule has 4 aliphatic carbocycles. The molecule has 4 aliphatic rings. The predicted molar refractivity (Wildman–Crippen MR) is 124 cm³/mol. The normalized spacial score (nSPS) is 45.7. The summed E-state index contributed by atoms with van der Waals surface area (Å²) >= 11 is 0. The average Bonchev–Trinajstić information content (AvgIpc) is 2.93. The van der Waals surface area contributed by atoms with E-state index < -0.39 is 0 Å². The second-order valence-corrected chi connectivity index (χ2v) is 12.7. The van der Waals surface area contributed by atoms with Gasteiger partial charge in [-0.2, -0.15) is 0 Å². The second-order valence-electron chi connectivity index (χ2n) is 12.7. The first kappa shape index (κ1) is 21.9. The van der Waals surface area contributed by atoms with Crippen molar-refractivity contribution < 1.29 is 5.11 Å². The molecule has 2 fully saturated rings. The lowest BCUT2D eigenvalue weighted by Crippen LogP contribution is -2.49. The molecule has 0 radical (unpaired) electrons. The number of hydrogen-bond donors (Lipinski definition) is 1. The molecule has 0 heterocycles. The van der Waals surface area contributed by atoms with E-state index in [1.807, 2.05) is 11.1 Å². The van der Waals surface area contributed by atoms with E-state index in [1.165, 1.54) is 64.2 Å². The maximum absolute atomic E-state index is 10.3. The molecule has 0 spiro atoms. The first-order chi connectivity index (χ1) is 13.6. The Labute approximate surface area is 181 Å². The number of hydrogen-bond acceptors (Lipinski definition) is 1. The highest BCUT2D eigenvalue weighted by molar-refractivity contribution is 5.38. The number of rotatable bonds is 5. The minimum Gasteiger partial charge on any atom is -0.393 e. The Hall–Kier alpha value is -0.300. The molecule has 166 valence electrons. The largest absolute Gasteiger partial charge is 0.393 e. The van der Waals surface area contributed by atoms with Crippen LogP contribution in [0.25, 0.3) is 0 Å². The first-order valence-corrected chi connectivity index (χ1v) is 13.0. The van der Waals surface area contributed by atoms with Crippen LogP contribution < -0.4 is 0 Å². The summed E-state index contributed by atoms with van der Waals surface area (Å²) in [6, 6.07) is 0. The van der Waals surface area contributed by atoms with Gasteiger partial charge in [0, 0.05) is 0 Å². The third kappa shape index (κ3) is 3.37. The molecular formula is C28H48O. The third-order valence-electron chi connectivity index (χ3n) is 11.0. The minimum absolute atomic E-state index is 0.0396. The Morgan fingerprint density at radius 1 is 0.897 bits per heavy atom. The highest BCUT2D eigenvalue weighted by Crippen LogP contribution is 2.71. The molecule has 7 atom stereocenters. The van der Waals surface area contributed by atoms with Crippen LogP contribution in [-0.2, 0) is 0 Å². The van der Waals surface area contributed by atoms with Crippen LogP contribution in [0.15, 0.2) is 11.1 Å². The van der Waals surface area contributed by atoms with Crippen LogP contribution in [0.2, 0.25) is 0 Å². The van der Waals surface area contributed by atoms with Crippen molar-refractivity contribution in [3.63, 3.8) is 0 Å². The molecular weight excluding hydrogens is 352 g/mol. The van der Waals surface area contributed by atoms with E-state index in [1.54, 1.807) is 0 Å². The standard InChI is InChI=1S/C28H48O/c1-19(2)8-7-9-20(3)23-13-16-28(6)25-11-10-21-18-22(29)12-15-26(21,4)24(25)14-17-27(23,28)5/h19-23,29H,7-18H2,1-6H3/t20-,21+,22+,23-,26+,27-,28+/m1/s1. The zero-order valence-corrected chi connectivity index (χ0v) is 20.3. The summed E-state index contributed by atoms with van der Waals surface area (Å²) in [6.45, 7) is 15.2. The average molecular weight is 401 g/mol. The molecule has 0 aromatic rings. The molecule has 0 aromatic carbocycles. The van der Waals surface area contributed by atoms with Crippen LogP contribution in [0.1, 0.15) is 119 Å². The van der Waals surface area contributed by atoms with E-state index >= 15 is 0 Å². The first-order valence-electron chi connectivity index (χ1n) is 13.0. The number of aliphatic hydroxyl groups is 1. The van der Waals surface area contributed by atoms with Crippen LogP contribution in [0.3, 0.4) is 0 Å². The molecule has 0 aliphatic heterocycles. The van der Waals surface area contributed by atoms with Crippen LogP contribution >= 0.6 is 0 Å². The monoisotopic (exact) mass is 400 g/mol. The Morgan fingerprint density at radius 2 is 1.66 bits per heavy atom. The van der Waals surface area contributed by atoms with E-state index in [4.69, 9.17) is 0 Å². The summed E-state index contributed by atoms with van der Waals surface area (Å²) in [5.41, 5.74) is 5.09. The van der Waals surface area contributed by atoms with Crippen LogP contribution in [0.5, 0.6) is 0 Å². The summed E-state index contributed by atoms with van der Waals surface area (Å²) in [5.74, 6) is 3.36. The summed E-state index contributed by atoms with van der Waals surface area (Å²) in [4.78, 5) is 0. The van der Waals surface area contributed by atoms with Gasteiger partial charge in [0.2, 0.25) is 0 Å². The Balaban J connectivity index is 1.59. The topological polar surface area (TPSA) is 20.2 Å². The fourth-order valence-electron chi connectivity index (χ4n) is 8.83. The zero-order valence-electron chi connectivity index (χ0n) is 20.3. The number of fused-ring (bicyclic) bond motifs is 4. The van der Waals surface area contributed by atoms with Crippen molar-refractivity contribution in [2.24, 2.45) is 39.9 Å². The highest BCUT2D eigenvalue weighted by Gasteiger charge is 2.61. The second kappa shape index (κ2) is 7.68. The van der Waals surface area contributed by atoms with Gasteiger partial charge in [-0.05, 0) is 97.7 Å². The van der Waals surface area contributed by atoms with Gasteiger partial charge < -0.3 is 5.11 Å². The Kier molecular flexibility index (Phi) is 5.81. The van der Waals surface area contributed by atoms with E-state index in [0.29, 0.717) is 16.2 Å². The van der Waals surface area contributed by atoms with Gasteiger partial charge in [0.05, 0.1) is 6.10 Å². The van der Waals surface area contributed by atoms with Crippen molar-refractivity contribution in [1.82, 2.24) is 0 Å². The third-order valence-corrected chi connectivity index (χ3v) is 11.0. The quantitative estimate of drug-likeness (QED) is 0.465. The van der Waals surface area contributed by atoms with Crippen LogP contribution in [0, 0.1) is 39.9 Å². The SMILES string of the molecule is CC(C)CCC[C@@H](C)[C@H]1CC[C@@]2(C)C3=C(CC[C@]12C)[C@@]1(C)CC[C@H](O)C[C@@H]1CC3. The molecule has 1 heteroatoms. The predicted octanol–water partition coefficient (Wildman–Crippen LogP) is 7.92. The van der Waals surface area contributed by atoms with Crippen molar-refractivity contribution in [1.29, 1.82) is 0 Å². The van der Waals surface area contributed by atoms with Gasteiger partial charge in [-0.15, -0.1) is 0 Å². The molecule has 4 rings (SSSR count). The lowest BCUT2D eigenvalue weighted by Gasteiger charge is -2.59. The molecule has 0 aromatic heterocycles. The fraction of sp³-hybridized carbons (Fsp3) is 0.929. The van der Waals surface area contributed by atoms with Crippen molar-refractivity contribution in [3.8, 4) is 0 Å². The molecule has 0 amide bonds. The minimum atomic E-state index is -0.0396. The Morgan fingerprint density at radius 3 is 2.38 bits per heavy atom. The van der Waals surface area contributed by atoms with E-state index in [9.17, 15) is 5.11 Å². The van der Waals surface area contributed by atoms with Gasteiger partial charge >= 0.3 is 0 Å². The van der Waals surface area contributed by atoms with Gasteiger partial charge in [-0.25, -0.2) is 0 Å². The van der Waals surface area contributed by atoms with Gasteiger partial charge in [0.15, 0.2) is 0 Å². The van der Waals surface area contributed by atoms with Crippen molar-refractivity contribution in [2.75, 3.05) is 0 Å². The molecule has 0 saturated heterocycles. The molecule has 1 nitrogen and oxygen atoms in total. The van der Waals surface area contributed by atoms with Gasteiger partial charge in [0.25, 0.3) is 0 Å². The smallest absolute Gasteiger partial charge is 0.0543 e. The van der Waals surface area contributed by atoms with Crippen molar-refractivity contribution in [2.45, 2.75) is 125 Å². The highest BCUT2D eigenvalue weighted by atomic mass is 16.3.